The first-order valence-electron chi connectivity index (χ1n) is 5.92. The zero-order valence-corrected chi connectivity index (χ0v) is 10.8. The molecule has 0 saturated heterocycles. The lowest BCUT2D eigenvalue weighted by Crippen LogP contribution is -2.14. The van der Waals surface area contributed by atoms with Gasteiger partial charge in [-0.05, 0) is 31.4 Å². The smallest absolute Gasteiger partial charge is 0.308 e. The first-order valence-corrected chi connectivity index (χ1v) is 5.92. The second-order valence-corrected chi connectivity index (χ2v) is 4.24. The van der Waals surface area contributed by atoms with Crippen LogP contribution in [0, 0.1) is 5.92 Å². The van der Waals surface area contributed by atoms with E-state index < -0.39 is 0 Å². The van der Waals surface area contributed by atoms with Crippen molar-refractivity contribution >= 4 is 11.8 Å². The van der Waals surface area contributed by atoms with Crippen molar-refractivity contribution in [2.24, 2.45) is 5.92 Å². The summed E-state index contributed by atoms with van der Waals surface area (Å²) in [7, 11) is 0. The minimum absolute atomic E-state index is 0.112. The van der Waals surface area contributed by atoms with Crippen molar-refractivity contribution in [1.82, 2.24) is 0 Å². The van der Waals surface area contributed by atoms with Crippen LogP contribution >= 0.6 is 0 Å². The number of benzene rings is 1. The summed E-state index contributed by atoms with van der Waals surface area (Å²) in [5, 5.41) is 0. The molecule has 18 heavy (non-hydrogen) atoms. The Morgan fingerprint density at radius 3 is 2.56 bits per heavy atom. The van der Waals surface area contributed by atoms with Crippen molar-refractivity contribution in [2.75, 3.05) is 0 Å². The highest BCUT2D eigenvalue weighted by Gasteiger charge is 2.16. The van der Waals surface area contributed by atoms with Crippen LogP contribution in [-0.4, -0.2) is 11.8 Å². The van der Waals surface area contributed by atoms with Gasteiger partial charge in [-0.1, -0.05) is 24.3 Å². The van der Waals surface area contributed by atoms with Crippen LogP contribution in [0.3, 0.4) is 0 Å². The minimum atomic E-state index is -0.356. The van der Waals surface area contributed by atoms with Crippen molar-refractivity contribution in [2.45, 2.75) is 26.7 Å². The fraction of sp³-hybridized carbons (Fsp3) is 0.333. The SMILES string of the molecule is C=CC[C@@H](Cc1ccccc1OC(C)=O)C(C)=O. The number of carbonyl (C=O) groups excluding carboxylic acids is 2. The molecule has 0 heterocycles. The largest absolute Gasteiger partial charge is 0.426 e. The van der Waals surface area contributed by atoms with Crippen molar-refractivity contribution in [3.63, 3.8) is 0 Å². The molecule has 0 radical (unpaired) electrons. The Morgan fingerprint density at radius 1 is 1.33 bits per heavy atom. The van der Waals surface area contributed by atoms with E-state index in [1.165, 1.54) is 6.92 Å². The molecule has 3 heteroatoms. The molecular formula is C15H18O3. The first-order chi connectivity index (χ1) is 8.54. The lowest BCUT2D eigenvalue weighted by Gasteiger charge is -2.14. The number of carbonyl (C=O) groups is 2. The lowest BCUT2D eigenvalue weighted by molar-refractivity contribution is -0.131. The van der Waals surface area contributed by atoms with Crippen molar-refractivity contribution in [3.05, 3.63) is 42.5 Å². The molecule has 0 saturated carbocycles. The topological polar surface area (TPSA) is 43.4 Å². The van der Waals surface area contributed by atoms with Crippen LogP contribution in [-0.2, 0) is 16.0 Å². The third-order valence-corrected chi connectivity index (χ3v) is 2.72. The van der Waals surface area contributed by atoms with Gasteiger partial charge in [0.25, 0.3) is 0 Å². The summed E-state index contributed by atoms with van der Waals surface area (Å²) in [6, 6.07) is 7.28. The standard InChI is InChI=1S/C15H18O3/c1-4-7-13(11(2)16)10-14-8-5-6-9-15(14)18-12(3)17/h4-6,8-9,13H,1,7,10H2,2-3H3/t13-/m0/s1. The number of hydrogen-bond acceptors (Lipinski definition) is 3. The molecular weight excluding hydrogens is 228 g/mol. The summed E-state index contributed by atoms with van der Waals surface area (Å²) < 4.78 is 5.13. The number of esters is 1. The lowest BCUT2D eigenvalue weighted by atomic mass is 9.92. The minimum Gasteiger partial charge on any atom is -0.426 e. The van der Waals surface area contributed by atoms with Crippen LogP contribution in [0.2, 0.25) is 0 Å². The predicted molar refractivity (Wildman–Crippen MR) is 70.4 cm³/mol. The third-order valence-electron chi connectivity index (χ3n) is 2.72. The van der Waals surface area contributed by atoms with Gasteiger partial charge in [-0.3, -0.25) is 9.59 Å². The maximum absolute atomic E-state index is 11.5. The molecule has 1 atom stereocenters. The third kappa shape index (κ3) is 4.17. The van der Waals surface area contributed by atoms with Gasteiger partial charge in [-0.15, -0.1) is 6.58 Å². The quantitative estimate of drug-likeness (QED) is 0.440. The van der Waals surface area contributed by atoms with Gasteiger partial charge in [-0.25, -0.2) is 0 Å². The normalized spacial score (nSPS) is 11.7. The highest BCUT2D eigenvalue weighted by Crippen LogP contribution is 2.23. The highest BCUT2D eigenvalue weighted by molar-refractivity contribution is 5.79. The summed E-state index contributed by atoms with van der Waals surface area (Å²) in [5.41, 5.74) is 0.870. The zero-order chi connectivity index (χ0) is 13.5. The van der Waals surface area contributed by atoms with Gasteiger partial charge in [0.2, 0.25) is 0 Å². The Morgan fingerprint density at radius 2 is 2.00 bits per heavy atom. The van der Waals surface area contributed by atoms with E-state index in [9.17, 15) is 9.59 Å². The van der Waals surface area contributed by atoms with Crippen LogP contribution in [0.15, 0.2) is 36.9 Å². The van der Waals surface area contributed by atoms with Crippen LogP contribution in [0.5, 0.6) is 5.75 Å². The number of rotatable bonds is 6. The van der Waals surface area contributed by atoms with Crippen molar-refractivity contribution < 1.29 is 14.3 Å². The van der Waals surface area contributed by atoms with Gasteiger partial charge < -0.3 is 4.74 Å². The number of allylic oxidation sites excluding steroid dienone is 1. The molecule has 1 aromatic carbocycles. The van der Waals surface area contributed by atoms with Gasteiger partial charge >= 0.3 is 5.97 Å². The molecule has 0 unspecified atom stereocenters. The molecule has 0 fully saturated rings. The Kier molecular flexibility index (Phi) is 5.31. The van der Waals surface area contributed by atoms with Gasteiger partial charge in [0, 0.05) is 12.8 Å². The summed E-state index contributed by atoms with van der Waals surface area (Å²) in [6.07, 6.45) is 2.93. The van der Waals surface area contributed by atoms with E-state index in [1.807, 2.05) is 12.1 Å². The fourth-order valence-corrected chi connectivity index (χ4v) is 1.79. The number of hydrogen-bond donors (Lipinski definition) is 0. The molecule has 0 amide bonds. The number of ether oxygens (including phenoxy) is 1. The maximum atomic E-state index is 11.5. The highest BCUT2D eigenvalue weighted by atomic mass is 16.5. The van der Waals surface area contributed by atoms with Gasteiger partial charge in [0.05, 0.1) is 0 Å². The maximum Gasteiger partial charge on any atom is 0.308 e. The molecule has 0 aliphatic heterocycles. The van der Waals surface area contributed by atoms with E-state index in [4.69, 9.17) is 4.74 Å². The van der Waals surface area contributed by atoms with E-state index in [2.05, 4.69) is 6.58 Å². The van der Waals surface area contributed by atoms with Crippen molar-refractivity contribution in [3.8, 4) is 5.75 Å². The molecule has 1 aromatic rings. The molecule has 0 aromatic heterocycles. The Hall–Kier alpha value is -1.90. The number of ketones is 1. The molecule has 1 rings (SSSR count). The molecule has 0 N–H and O–H groups in total. The Bertz CT molecular complexity index is 449. The molecule has 96 valence electrons. The summed E-state index contributed by atoms with van der Waals surface area (Å²) >= 11 is 0. The number of Topliss-reactive ketones (excluding diaryl/α,β-unsaturated/α-hetero) is 1. The second kappa shape index (κ2) is 6.74. The molecule has 0 aliphatic rings. The van der Waals surface area contributed by atoms with Crippen LogP contribution in [0.1, 0.15) is 25.8 Å². The van der Waals surface area contributed by atoms with E-state index in [0.29, 0.717) is 18.6 Å². The monoisotopic (exact) mass is 246 g/mol. The van der Waals surface area contributed by atoms with E-state index in [-0.39, 0.29) is 17.7 Å². The predicted octanol–water partition coefficient (Wildman–Crippen LogP) is 2.94. The van der Waals surface area contributed by atoms with E-state index in [0.717, 1.165) is 5.56 Å². The Balaban J connectivity index is 2.90. The summed E-state index contributed by atoms with van der Waals surface area (Å²) in [6.45, 7) is 6.59. The van der Waals surface area contributed by atoms with Crippen LogP contribution < -0.4 is 4.74 Å². The molecule has 0 spiro atoms. The van der Waals surface area contributed by atoms with Gasteiger partial charge in [-0.2, -0.15) is 0 Å². The number of para-hydroxylation sites is 1. The first kappa shape index (κ1) is 14.2. The summed E-state index contributed by atoms with van der Waals surface area (Å²) in [4.78, 5) is 22.5. The second-order valence-electron chi connectivity index (χ2n) is 4.24. The molecule has 3 nitrogen and oxygen atoms in total. The van der Waals surface area contributed by atoms with Gasteiger partial charge in [0.1, 0.15) is 11.5 Å². The Labute approximate surface area is 107 Å². The van der Waals surface area contributed by atoms with Crippen molar-refractivity contribution in [1.29, 1.82) is 0 Å². The van der Waals surface area contributed by atoms with Crippen LogP contribution in [0.4, 0.5) is 0 Å². The fourth-order valence-electron chi connectivity index (χ4n) is 1.79. The summed E-state index contributed by atoms with van der Waals surface area (Å²) in [5.74, 6) is 0.178. The van der Waals surface area contributed by atoms with Crippen LogP contribution in [0.25, 0.3) is 0 Å². The van der Waals surface area contributed by atoms with E-state index >= 15 is 0 Å². The molecule has 0 bridgehead atoms. The average Bonchev–Trinajstić information content (AvgIpc) is 2.30. The molecule has 0 aliphatic carbocycles. The van der Waals surface area contributed by atoms with E-state index in [1.54, 1.807) is 25.1 Å². The average molecular weight is 246 g/mol. The van der Waals surface area contributed by atoms with Gasteiger partial charge in [0.15, 0.2) is 0 Å². The zero-order valence-electron chi connectivity index (χ0n) is 10.8.